The molecule has 2 rings (SSSR count). The van der Waals surface area contributed by atoms with Gasteiger partial charge in [0.05, 0.1) is 6.42 Å². The molecular weight excluding hydrogens is 364 g/mol. The van der Waals surface area contributed by atoms with E-state index in [4.69, 9.17) is 26.4 Å². The first-order chi connectivity index (χ1) is 13.3. The molecule has 0 aromatic heterocycles. The minimum Gasteiger partial charge on any atom is -0.480 e. The predicted molar refractivity (Wildman–Crippen MR) is 102 cm³/mol. The number of benzene rings is 2. The molecule has 0 heterocycles. The Hall–Kier alpha value is -3.23. The van der Waals surface area contributed by atoms with Crippen LogP contribution in [0.3, 0.4) is 0 Å². The van der Waals surface area contributed by atoms with Crippen LogP contribution < -0.4 is 11.5 Å². The van der Waals surface area contributed by atoms with Crippen molar-refractivity contribution in [3.63, 3.8) is 0 Å². The Bertz CT molecular complexity index is 752. The molecule has 0 aliphatic carbocycles. The van der Waals surface area contributed by atoms with E-state index in [-0.39, 0.29) is 13.0 Å². The summed E-state index contributed by atoms with van der Waals surface area (Å²) < 4.78 is 4.87. The fourth-order valence-electron chi connectivity index (χ4n) is 2.02. The van der Waals surface area contributed by atoms with E-state index in [0.717, 1.165) is 11.1 Å². The molecule has 8 nitrogen and oxygen atoms in total. The van der Waals surface area contributed by atoms with Gasteiger partial charge in [0, 0.05) is 0 Å². The molecule has 2 aromatic rings. The summed E-state index contributed by atoms with van der Waals surface area (Å²) in [5.74, 6) is -2.78. The number of hydrogen-bond acceptors (Lipinski definition) is 6. The molecule has 0 amide bonds. The zero-order chi connectivity index (χ0) is 20.9. The highest BCUT2D eigenvalue weighted by Gasteiger charge is 2.17. The highest BCUT2D eigenvalue weighted by atomic mass is 16.5. The van der Waals surface area contributed by atoms with Crippen molar-refractivity contribution in [1.29, 1.82) is 0 Å². The SMILES string of the molecule is N[C@@H](CC(=O)OCc1ccccc1)C(=O)O.N[C@@H](Cc1ccccc1)C(=O)O. The Morgan fingerprint density at radius 2 is 1.25 bits per heavy atom. The summed E-state index contributed by atoms with van der Waals surface area (Å²) in [6.07, 6.45) is 0.0678. The number of carbonyl (C=O) groups is 3. The molecule has 0 saturated carbocycles. The number of aliphatic carboxylic acids is 2. The van der Waals surface area contributed by atoms with Crippen LogP contribution in [0.25, 0.3) is 0 Å². The lowest BCUT2D eigenvalue weighted by molar-refractivity contribution is -0.149. The van der Waals surface area contributed by atoms with Crippen LogP contribution in [0.2, 0.25) is 0 Å². The number of nitrogens with two attached hydrogens (primary N) is 2. The van der Waals surface area contributed by atoms with Crippen LogP contribution in [-0.4, -0.2) is 40.2 Å². The van der Waals surface area contributed by atoms with Gasteiger partial charge >= 0.3 is 17.9 Å². The van der Waals surface area contributed by atoms with Gasteiger partial charge in [-0.2, -0.15) is 0 Å². The Balaban J connectivity index is 0.000000292. The fraction of sp³-hybridized carbons (Fsp3) is 0.250. The number of carbonyl (C=O) groups excluding carboxylic acids is 1. The second-order valence-electron chi connectivity index (χ2n) is 5.93. The largest absolute Gasteiger partial charge is 0.480 e. The van der Waals surface area contributed by atoms with Crippen LogP contribution >= 0.6 is 0 Å². The highest BCUT2D eigenvalue weighted by molar-refractivity contribution is 5.81. The lowest BCUT2D eigenvalue weighted by Crippen LogP contribution is -2.33. The van der Waals surface area contributed by atoms with Gasteiger partial charge in [-0.3, -0.25) is 14.4 Å². The monoisotopic (exact) mass is 388 g/mol. The number of rotatable bonds is 8. The van der Waals surface area contributed by atoms with Crippen molar-refractivity contribution in [2.24, 2.45) is 11.5 Å². The molecule has 0 fully saturated rings. The Morgan fingerprint density at radius 3 is 1.71 bits per heavy atom. The van der Waals surface area contributed by atoms with Gasteiger partial charge in [-0.25, -0.2) is 0 Å². The van der Waals surface area contributed by atoms with Gasteiger partial charge in [0.2, 0.25) is 0 Å². The van der Waals surface area contributed by atoms with Crippen molar-refractivity contribution < 1.29 is 29.3 Å². The topological polar surface area (TPSA) is 153 Å². The third-order valence-corrected chi connectivity index (χ3v) is 3.56. The molecular formula is C20H24N2O6. The summed E-state index contributed by atoms with van der Waals surface area (Å²) in [6.45, 7) is 0.131. The summed E-state index contributed by atoms with van der Waals surface area (Å²) in [6, 6.07) is 16.5. The highest BCUT2D eigenvalue weighted by Crippen LogP contribution is 2.03. The van der Waals surface area contributed by atoms with Crippen LogP contribution in [0.1, 0.15) is 17.5 Å². The fourth-order valence-corrected chi connectivity index (χ4v) is 2.02. The summed E-state index contributed by atoms with van der Waals surface area (Å²) in [7, 11) is 0. The maximum Gasteiger partial charge on any atom is 0.321 e. The molecule has 6 N–H and O–H groups in total. The van der Waals surface area contributed by atoms with E-state index in [1.54, 1.807) is 0 Å². The molecule has 150 valence electrons. The summed E-state index contributed by atoms with van der Waals surface area (Å²) in [4.78, 5) is 31.9. The van der Waals surface area contributed by atoms with E-state index in [2.05, 4.69) is 0 Å². The molecule has 8 heteroatoms. The first-order valence-electron chi connectivity index (χ1n) is 8.49. The number of carboxylic acid groups (broad SMARTS) is 2. The maximum atomic E-state index is 11.2. The Kier molecular flexibility index (Phi) is 9.95. The lowest BCUT2D eigenvalue weighted by atomic mass is 10.1. The molecule has 2 aromatic carbocycles. The zero-order valence-corrected chi connectivity index (χ0v) is 15.2. The van der Waals surface area contributed by atoms with Crippen LogP contribution in [0.4, 0.5) is 0 Å². The van der Waals surface area contributed by atoms with Gasteiger partial charge in [-0.15, -0.1) is 0 Å². The van der Waals surface area contributed by atoms with E-state index in [9.17, 15) is 14.4 Å². The third-order valence-electron chi connectivity index (χ3n) is 3.56. The van der Waals surface area contributed by atoms with Gasteiger partial charge < -0.3 is 26.4 Å². The first kappa shape index (κ1) is 22.8. The second kappa shape index (κ2) is 12.2. The second-order valence-corrected chi connectivity index (χ2v) is 5.93. The van der Waals surface area contributed by atoms with Gasteiger partial charge in [0.1, 0.15) is 18.7 Å². The number of esters is 1. The van der Waals surface area contributed by atoms with Crippen LogP contribution in [0, 0.1) is 0 Å². The average molecular weight is 388 g/mol. The van der Waals surface area contributed by atoms with Gasteiger partial charge in [-0.05, 0) is 17.5 Å². The molecule has 2 atom stereocenters. The Labute approximate surface area is 162 Å². The molecule has 0 bridgehead atoms. The van der Waals surface area contributed by atoms with Crippen molar-refractivity contribution in [2.45, 2.75) is 31.5 Å². The normalized spacial score (nSPS) is 12.1. The molecule has 28 heavy (non-hydrogen) atoms. The molecule has 0 saturated heterocycles. The van der Waals surface area contributed by atoms with E-state index in [0.29, 0.717) is 6.42 Å². The summed E-state index contributed by atoms with van der Waals surface area (Å²) >= 11 is 0. The average Bonchev–Trinajstić information content (AvgIpc) is 2.68. The lowest BCUT2D eigenvalue weighted by Gasteiger charge is -2.07. The quantitative estimate of drug-likeness (QED) is 0.492. The van der Waals surface area contributed by atoms with Crippen molar-refractivity contribution >= 4 is 17.9 Å². The van der Waals surface area contributed by atoms with Crippen LogP contribution in [-0.2, 0) is 32.1 Å². The summed E-state index contributed by atoms with van der Waals surface area (Å²) in [5, 5.41) is 17.0. The van der Waals surface area contributed by atoms with E-state index in [1.165, 1.54) is 0 Å². The van der Waals surface area contributed by atoms with E-state index < -0.39 is 30.0 Å². The molecule has 0 aliphatic rings. The van der Waals surface area contributed by atoms with Crippen molar-refractivity contribution in [3.8, 4) is 0 Å². The standard InChI is InChI=1S/C11H13NO4.C9H11NO2/c12-9(11(14)15)6-10(13)16-7-8-4-2-1-3-5-8;10-8(9(11)12)6-7-4-2-1-3-5-7/h1-5,9H,6-7,12H2,(H,14,15);1-5,8H,6,10H2,(H,11,12)/t9-;8-/m00/s1. The summed E-state index contributed by atoms with van der Waals surface area (Å²) in [5.41, 5.74) is 12.3. The van der Waals surface area contributed by atoms with Gasteiger partial charge in [-0.1, -0.05) is 60.7 Å². The van der Waals surface area contributed by atoms with Crippen molar-refractivity contribution in [3.05, 3.63) is 71.8 Å². The molecule has 0 unspecified atom stereocenters. The predicted octanol–water partition coefficient (Wildman–Crippen LogP) is 1.17. The van der Waals surface area contributed by atoms with Crippen LogP contribution in [0.5, 0.6) is 0 Å². The number of carboxylic acids is 2. The Morgan fingerprint density at radius 1 is 0.786 bits per heavy atom. The number of ether oxygens (including phenoxy) is 1. The van der Waals surface area contributed by atoms with Gasteiger partial charge in [0.15, 0.2) is 0 Å². The van der Waals surface area contributed by atoms with E-state index in [1.807, 2.05) is 60.7 Å². The van der Waals surface area contributed by atoms with E-state index >= 15 is 0 Å². The minimum absolute atomic E-state index is 0.131. The third kappa shape index (κ3) is 9.46. The molecule has 0 spiro atoms. The van der Waals surface area contributed by atoms with Crippen molar-refractivity contribution in [1.82, 2.24) is 0 Å². The van der Waals surface area contributed by atoms with Crippen LogP contribution in [0.15, 0.2) is 60.7 Å². The smallest absolute Gasteiger partial charge is 0.321 e. The van der Waals surface area contributed by atoms with Crippen molar-refractivity contribution in [2.75, 3.05) is 0 Å². The first-order valence-corrected chi connectivity index (χ1v) is 8.49. The maximum absolute atomic E-state index is 11.2. The van der Waals surface area contributed by atoms with Gasteiger partial charge in [0.25, 0.3) is 0 Å². The zero-order valence-electron chi connectivity index (χ0n) is 15.2. The molecule has 0 radical (unpaired) electrons. The molecule has 0 aliphatic heterocycles. The number of hydrogen-bond donors (Lipinski definition) is 4. The minimum atomic E-state index is -1.21.